The van der Waals surface area contributed by atoms with Crippen LogP contribution >= 0.6 is 0 Å². The maximum atomic E-state index is 10.2. The third-order valence-electron chi connectivity index (χ3n) is 5.01. The lowest BCUT2D eigenvalue weighted by Crippen LogP contribution is -2.52. The molecule has 0 bridgehead atoms. The monoisotopic (exact) mass is 321 g/mol. The van der Waals surface area contributed by atoms with Crippen LogP contribution in [0.4, 0.5) is 0 Å². The molecule has 0 amide bonds. The number of para-hydroxylation sites is 2. The molecule has 2 fully saturated rings. The number of methoxy groups -OCH3 is 1. The summed E-state index contributed by atoms with van der Waals surface area (Å²) in [5.41, 5.74) is 0. The third kappa shape index (κ3) is 3.97. The first-order valence-electron chi connectivity index (χ1n) is 8.55. The lowest BCUT2D eigenvalue weighted by Gasteiger charge is -2.40. The van der Waals surface area contributed by atoms with Gasteiger partial charge in [0.05, 0.1) is 26.4 Å². The summed E-state index contributed by atoms with van der Waals surface area (Å²) in [6.45, 7) is 3.84. The lowest BCUT2D eigenvalue weighted by molar-refractivity contribution is -0.0532. The maximum absolute atomic E-state index is 10.2. The summed E-state index contributed by atoms with van der Waals surface area (Å²) in [6.07, 6.45) is 2.96. The van der Waals surface area contributed by atoms with Gasteiger partial charge in [-0.15, -0.1) is 0 Å². The zero-order valence-corrected chi connectivity index (χ0v) is 13.8. The van der Waals surface area contributed by atoms with Crippen LogP contribution in [0.25, 0.3) is 0 Å². The van der Waals surface area contributed by atoms with Crippen LogP contribution in [0.1, 0.15) is 19.3 Å². The van der Waals surface area contributed by atoms with Gasteiger partial charge >= 0.3 is 0 Å². The van der Waals surface area contributed by atoms with Crippen LogP contribution in [0.15, 0.2) is 24.3 Å². The van der Waals surface area contributed by atoms with E-state index in [-0.39, 0.29) is 6.10 Å². The zero-order chi connectivity index (χ0) is 16.1. The molecule has 1 heterocycles. The Morgan fingerprint density at radius 3 is 2.83 bits per heavy atom. The first-order chi connectivity index (χ1) is 11.3. The molecule has 1 saturated heterocycles. The van der Waals surface area contributed by atoms with Crippen LogP contribution in [0.3, 0.4) is 0 Å². The fourth-order valence-electron chi connectivity index (χ4n) is 3.76. The molecule has 0 unspecified atom stereocenters. The van der Waals surface area contributed by atoms with Gasteiger partial charge in [-0.2, -0.15) is 0 Å². The van der Waals surface area contributed by atoms with Crippen LogP contribution in [-0.4, -0.2) is 62.2 Å². The van der Waals surface area contributed by atoms with Crippen molar-refractivity contribution in [1.29, 1.82) is 0 Å². The van der Waals surface area contributed by atoms with Crippen molar-refractivity contribution in [3.63, 3.8) is 0 Å². The highest BCUT2D eigenvalue weighted by Crippen LogP contribution is 2.32. The molecule has 0 aromatic heterocycles. The number of aliphatic hydroxyl groups excluding tert-OH is 1. The molecular formula is C18H27NO4. The average Bonchev–Trinajstić information content (AvgIpc) is 3.01. The Hall–Kier alpha value is -1.30. The molecule has 5 heteroatoms. The van der Waals surface area contributed by atoms with E-state index in [1.54, 1.807) is 7.11 Å². The van der Waals surface area contributed by atoms with Gasteiger partial charge in [0.2, 0.25) is 0 Å². The number of nitrogens with zero attached hydrogens (tertiary/aromatic N) is 1. The van der Waals surface area contributed by atoms with E-state index in [0.717, 1.165) is 57.1 Å². The van der Waals surface area contributed by atoms with Gasteiger partial charge in [0.15, 0.2) is 11.5 Å². The highest BCUT2D eigenvalue weighted by Gasteiger charge is 2.37. The zero-order valence-electron chi connectivity index (χ0n) is 13.8. The van der Waals surface area contributed by atoms with E-state index in [1.165, 1.54) is 0 Å². The molecule has 1 aliphatic carbocycles. The predicted molar refractivity (Wildman–Crippen MR) is 88.0 cm³/mol. The average molecular weight is 321 g/mol. The molecular weight excluding hydrogens is 294 g/mol. The Balaban J connectivity index is 1.55. The van der Waals surface area contributed by atoms with Gasteiger partial charge in [-0.1, -0.05) is 18.6 Å². The fourth-order valence-corrected chi connectivity index (χ4v) is 3.76. The fraction of sp³-hybridized carbons (Fsp3) is 0.667. The molecule has 0 spiro atoms. The second-order valence-corrected chi connectivity index (χ2v) is 6.34. The van der Waals surface area contributed by atoms with E-state index in [1.807, 2.05) is 24.3 Å². The van der Waals surface area contributed by atoms with Gasteiger partial charge < -0.3 is 19.3 Å². The normalized spacial score (nSPS) is 28.7. The molecule has 0 radical (unpaired) electrons. The Morgan fingerprint density at radius 2 is 2.09 bits per heavy atom. The first kappa shape index (κ1) is 16.6. The Kier molecular flexibility index (Phi) is 5.75. The Morgan fingerprint density at radius 1 is 1.26 bits per heavy atom. The second kappa shape index (κ2) is 7.99. The molecule has 5 nitrogen and oxygen atoms in total. The number of morpholine rings is 1. The van der Waals surface area contributed by atoms with Crippen molar-refractivity contribution in [2.24, 2.45) is 5.92 Å². The second-order valence-electron chi connectivity index (χ2n) is 6.34. The van der Waals surface area contributed by atoms with E-state index < -0.39 is 0 Å². The van der Waals surface area contributed by atoms with Crippen molar-refractivity contribution in [3.8, 4) is 11.5 Å². The molecule has 2 aliphatic rings. The van der Waals surface area contributed by atoms with Gasteiger partial charge in [-0.25, -0.2) is 0 Å². The van der Waals surface area contributed by atoms with Crippen LogP contribution < -0.4 is 9.47 Å². The van der Waals surface area contributed by atoms with Gasteiger partial charge in [0, 0.05) is 25.0 Å². The van der Waals surface area contributed by atoms with Crippen LogP contribution in [0, 0.1) is 5.92 Å². The van der Waals surface area contributed by atoms with E-state index in [2.05, 4.69) is 4.90 Å². The highest BCUT2D eigenvalue weighted by atomic mass is 16.5. The summed E-state index contributed by atoms with van der Waals surface area (Å²) < 4.78 is 16.9. The van der Waals surface area contributed by atoms with Crippen LogP contribution in [-0.2, 0) is 4.74 Å². The first-order valence-corrected chi connectivity index (χ1v) is 8.55. The van der Waals surface area contributed by atoms with Crippen molar-refractivity contribution in [1.82, 2.24) is 4.90 Å². The summed E-state index contributed by atoms with van der Waals surface area (Å²) in [7, 11) is 1.65. The molecule has 1 aliphatic heterocycles. The summed E-state index contributed by atoms with van der Waals surface area (Å²) in [5, 5.41) is 10.2. The number of benzene rings is 1. The van der Waals surface area contributed by atoms with Crippen molar-refractivity contribution < 1.29 is 19.3 Å². The van der Waals surface area contributed by atoms with Gasteiger partial charge in [0.1, 0.15) is 6.61 Å². The van der Waals surface area contributed by atoms with E-state index in [4.69, 9.17) is 14.2 Å². The summed E-state index contributed by atoms with van der Waals surface area (Å²) >= 11 is 0. The molecule has 128 valence electrons. The standard InChI is InChI=1S/C18H27NO4/c1-21-17-7-2-3-8-18(17)23-12-10-19-9-11-22-13-15(19)14-5-4-6-16(14)20/h2-3,7-8,14-16,20H,4-6,9-13H2,1H3/t14-,15+,16-/m0/s1. The molecule has 1 aromatic rings. The molecule has 1 saturated carbocycles. The minimum absolute atomic E-state index is 0.181. The Labute approximate surface area is 138 Å². The van der Waals surface area contributed by atoms with Crippen molar-refractivity contribution in [2.75, 3.05) is 40.0 Å². The minimum atomic E-state index is -0.181. The third-order valence-corrected chi connectivity index (χ3v) is 5.01. The molecule has 1 aromatic carbocycles. The number of ether oxygens (including phenoxy) is 3. The topological polar surface area (TPSA) is 51.2 Å². The van der Waals surface area contributed by atoms with Crippen LogP contribution in [0.2, 0.25) is 0 Å². The van der Waals surface area contributed by atoms with Gasteiger partial charge in [-0.3, -0.25) is 4.90 Å². The maximum Gasteiger partial charge on any atom is 0.161 e. The van der Waals surface area contributed by atoms with E-state index in [9.17, 15) is 5.11 Å². The summed E-state index contributed by atoms with van der Waals surface area (Å²) in [4.78, 5) is 2.41. The van der Waals surface area contributed by atoms with E-state index in [0.29, 0.717) is 18.6 Å². The minimum Gasteiger partial charge on any atom is -0.493 e. The quantitative estimate of drug-likeness (QED) is 0.868. The van der Waals surface area contributed by atoms with Gasteiger partial charge in [-0.05, 0) is 25.0 Å². The van der Waals surface area contributed by atoms with Crippen molar-refractivity contribution in [2.45, 2.75) is 31.4 Å². The van der Waals surface area contributed by atoms with Crippen LogP contribution in [0.5, 0.6) is 11.5 Å². The molecule has 3 rings (SSSR count). The molecule has 23 heavy (non-hydrogen) atoms. The smallest absolute Gasteiger partial charge is 0.161 e. The number of rotatable bonds is 6. The Bertz CT molecular complexity index is 496. The van der Waals surface area contributed by atoms with E-state index >= 15 is 0 Å². The number of hydrogen-bond acceptors (Lipinski definition) is 5. The number of hydrogen-bond donors (Lipinski definition) is 1. The summed E-state index contributed by atoms with van der Waals surface area (Å²) in [6, 6.07) is 8.02. The number of aliphatic hydroxyl groups is 1. The molecule has 3 atom stereocenters. The summed E-state index contributed by atoms with van der Waals surface area (Å²) in [5.74, 6) is 1.87. The lowest BCUT2D eigenvalue weighted by atomic mass is 9.94. The SMILES string of the molecule is COc1ccccc1OCCN1CCOC[C@@H]1[C@@H]1CCC[C@@H]1O. The van der Waals surface area contributed by atoms with Gasteiger partial charge in [0.25, 0.3) is 0 Å². The largest absolute Gasteiger partial charge is 0.493 e. The predicted octanol–water partition coefficient (Wildman–Crippen LogP) is 1.94. The van der Waals surface area contributed by atoms with Crippen molar-refractivity contribution >= 4 is 0 Å². The molecule has 1 N–H and O–H groups in total. The highest BCUT2D eigenvalue weighted by molar-refractivity contribution is 5.39. The van der Waals surface area contributed by atoms with Crippen molar-refractivity contribution in [3.05, 3.63) is 24.3 Å².